The molecule has 0 spiro atoms. The van der Waals surface area contributed by atoms with Crippen LogP contribution in [0.1, 0.15) is 109 Å². The van der Waals surface area contributed by atoms with Crippen LogP contribution in [0.3, 0.4) is 0 Å². The Balaban J connectivity index is 1.82. The van der Waals surface area contributed by atoms with Crippen LogP contribution >= 0.6 is 0 Å². The van der Waals surface area contributed by atoms with E-state index in [1.165, 1.54) is 0 Å². The number of fused-ring (bicyclic) bond motifs is 8. The van der Waals surface area contributed by atoms with E-state index in [2.05, 4.69) is 76.2 Å². The van der Waals surface area contributed by atoms with Gasteiger partial charge in [-0.15, -0.1) is 0 Å². The Kier molecular flexibility index (Phi) is 12.0. The van der Waals surface area contributed by atoms with E-state index in [1.54, 1.807) is 0 Å². The number of ether oxygens (including phenoxy) is 4. The normalized spacial score (nSPS) is 12.0. The van der Waals surface area contributed by atoms with Crippen molar-refractivity contribution in [3.63, 3.8) is 0 Å². The molecule has 0 heterocycles. The summed E-state index contributed by atoms with van der Waals surface area (Å²) < 4.78 is 26.1. The smallest absolute Gasteiger partial charge is 0.126 e. The second-order valence-electron chi connectivity index (χ2n) is 12.4. The summed E-state index contributed by atoms with van der Waals surface area (Å²) in [5.74, 6) is 3.31. The minimum Gasteiger partial charge on any atom is -0.493 e. The topological polar surface area (TPSA) is 84.5 Å². The van der Waals surface area contributed by atoms with E-state index in [9.17, 15) is 10.5 Å². The molecule has 0 radical (unpaired) electrons. The highest BCUT2D eigenvalue weighted by Gasteiger charge is 2.23. The third kappa shape index (κ3) is 7.95. The lowest BCUT2D eigenvalue weighted by Gasteiger charge is -2.23. The quantitative estimate of drug-likeness (QED) is 0.135. The maximum absolute atomic E-state index is 10.2. The van der Waals surface area contributed by atoms with E-state index in [1.807, 2.05) is 24.3 Å². The van der Waals surface area contributed by atoms with Gasteiger partial charge in [0.05, 0.1) is 49.7 Å². The van der Waals surface area contributed by atoms with Gasteiger partial charge in [0.15, 0.2) is 0 Å². The lowest BCUT2D eigenvalue weighted by molar-refractivity contribution is 0.304. The Bertz CT molecular complexity index is 1590. The maximum atomic E-state index is 10.2. The highest BCUT2D eigenvalue weighted by molar-refractivity contribution is 5.58. The Hall–Kier alpha value is -4.94. The van der Waals surface area contributed by atoms with Crippen LogP contribution in [-0.4, -0.2) is 26.4 Å². The van der Waals surface area contributed by atoms with Gasteiger partial charge >= 0.3 is 0 Å². The van der Waals surface area contributed by atoms with Gasteiger partial charge < -0.3 is 18.9 Å². The Morgan fingerprint density at radius 2 is 0.688 bits per heavy atom. The number of rotatable bonds is 12. The first-order valence-corrected chi connectivity index (χ1v) is 17.4. The molecule has 0 atom stereocenters. The zero-order valence-electron chi connectivity index (χ0n) is 28.8. The molecule has 1 aliphatic rings. The maximum Gasteiger partial charge on any atom is 0.126 e. The predicted octanol–water partition coefficient (Wildman–Crippen LogP) is 9.26. The summed E-state index contributed by atoms with van der Waals surface area (Å²) >= 11 is 0. The molecule has 6 heteroatoms. The van der Waals surface area contributed by atoms with E-state index in [-0.39, 0.29) is 0 Å². The zero-order chi connectivity index (χ0) is 33.9. The third-order valence-corrected chi connectivity index (χ3v) is 8.43. The van der Waals surface area contributed by atoms with Crippen LogP contribution in [0, 0.1) is 22.7 Å². The van der Waals surface area contributed by atoms with Gasteiger partial charge in [-0.1, -0.05) is 64.1 Å². The third-order valence-electron chi connectivity index (χ3n) is 8.43. The number of nitrogens with zero attached hydrogens (tertiary/aromatic N) is 2. The van der Waals surface area contributed by atoms with Gasteiger partial charge in [0.25, 0.3) is 0 Å². The van der Waals surface area contributed by atoms with Crippen molar-refractivity contribution < 1.29 is 18.9 Å². The molecule has 0 amide bonds. The summed E-state index contributed by atoms with van der Waals surface area (Å²) in [6, 6.07) is 25.2. The lowest BCUT2D eigenvalue weighted by atomic mass is 9.90. The molecule has 0 N–H and O–H groups in total. The van der Waals surface area contributed by atoms with Crippen LogP contribution in [0.2, 0.25) is 0 Å². The Labute approximate surface area is 285 Å². The molecule has 0 saturated carbocycles. The SMILES string of the molecule is CCCOc1c2cccc1Cc1cc(C#N)cc(c1OCCC)Cc1cccc(c1OCCC)Cc1cc(C#N)cc(c1OCCC)C2. The van der Waals surface area contributed by atoms with Gasteiger partial charge in [0, 0.05) is 47.9 Å². The molecule has 0 aromatic heterocycles. The largest absolute Gasteiger partial charge is 0.493 e. The summed E-state index contributed by atoms with van der Waals surface area (Å²) in [7, 11) is 0. The van der Waals surface area contributed by atoms with Crippen molar-refractivity contribution in [3.8, 4) is 35.1 Å². The van der Waals surface area contributed by atoms with Crippen LogP contribution in [0.5, 0.6) is 23.0 Å². The highest BCUT2D eigenvalue weighted by Crippen LogP contribution is 2.40. The molecular formula is C42H46N2O4. The minimum absolute atomic E-state index is 0.538. The van der Waals surface area contributed by atoms with Crippen molar-refractivity contribution in [1.29, 1.82) is 10.5 Å². The predicted molar refractivity (Wildman–Crippen MR) is 190 cm³/mol. The molecule has 0 saturated heterocycles. The van der Waals surface area contributed by atoms with Gasteiger partial charge in [-0.2, -0.15) is 10.5 Å². The molecule has 6 nitrogen and oxygen atoms in total. The summed E-state index contributed by atoms with van der Waals surface area (Å²) in [5.41, 5.74) is 9.12. The Morgan fingerprint density at radius 1 is 0.438 bits per heavy atom. The summed E-state index contributed by atoms with van der Waals surface area (Å²) in [5, 5.41) is 20.3. The van der Waals surface area contributed by atoms with E-state index >= 15 is 0 Å². The summed E-state index contributed by atoms with van der Waals surface area (Å²) in [6.07, 6.45) is 5.62. The first-order chi connectivity index (χ1) is 23.5. The van der Waals surface area contributed by atoms with Crippen molar-refractivity contribution >= 4 is 0 Å². The average Bonchev–Trinajstić information content (AvgIpc) is 3.09. The second-order valence-corrected chi connectivity index (χ2v) is 12.4. The number of hydrogen-bond acceptors (Lipinski definition) is 6. The molecule has 4 aromatic carbocycles. The molecule has 4 aromatic rings. The molecular weight excluding hydrogens is 596 g/mol. The number of hydrogen-bond donors (Lipinski definition) is 0. The fraction of sp³-hybridized carbons (Fsp3) is 0.381. The molecule has 0 aliphatic heterocycles. The number of nitriles is 2. The average molecular weight is 643 g/mol. The van der Waals surface area contributed by atoms with Crippen molar-refractivity contribution in [2.75, 3.05) is 26.4 Å². The van der Waals surface area contributed by atoms with Gasteiger partial charge in [-0.05, 0) is 72.2 Å². The van der Waals surface area contributed by atoms with Crippen molar-refractivity contribution in [3.05, 3.63) is 116 Å². The molecule has 1 aliphatic carbocycles. The fourth-order valence-corrected chi connectivity index (χ4v) is 6.37. The van der Waals surface area contributed by atoms with Crippen LogP contribution in [0.4, 0.5) is 0 Å². The molecule has 5 rings (SSSR count). The Morgan fingerprint density at radius 3 is 0.917 bits per heavy atom. The van der Waals surface area contributed by atoms with E-state index in [4.69, 9.17) is 18.9 Å². The molecule has 8 bridgehead atoms. The van der Waals surface area contributed by atoms with Gasteiger partial charge in [-0.3, -0.25) is 0 Å². The zero-order valence-corrected chi connectivity index (χ0v) is 28.8. The monoisotopic (exact) mass is 642 g/mol. The van der Waals surface area contributed by atoms with Crippen LogP contribution in [0.25, 0.3) is 0 Å². The standard InChI is InChI=1S/C42H46N2O4/c1-5-15-45-39-31-11-9-12-32(39)24-36-20-30(28-44)22-38(42(36)48-18-8-4)26-34-14-10-13-33(40(34)46-16-6-2)25-37-21-29(27-43)19-35(23-31)41(37)47-17-7-3/h9-14,19-22H,5-8,15-18,23-26H2,1-4H3. The summed E-state index contributed by atoms with van der Waals surface area (Å²) in [6.45, 7) is 10.7. The van der Waals surface area contributed by atoms with Crippen LogP contribution in [0.15, 0.2) is 60.7 Å². The number of para-hydroxylation sites is 2. The van der Waals surface area contributed by atoms with Gasteiger partial charge in [0.2, 0.25) is 0 Å². The van der Waals surface area contributed by atoms with Gasteiger partial charge in [-0.25, -0.2) is 0 Å². The van der Waals surface area contributed by atoms with Crippen molar-refractivity contribution in [2.24, 2.45) is 0 Å². The van der Waals surface area contributed by atoms with E-state index in [0.717, 1.165) is 93.2 Å². The first kappa shape index (κ1) is 34.4. The fourth-order valence-electron chi connectivity index (χ4n) is 6.37. The van der Waals surface area contributed by atoms with E-state index < -0.39 is 0 Å². The van der Waals surface area contributed by atoms with Crippen molar-refractivity contribution in [1.82, 2.24) is 0 Å². The second kappa shape index (κ2) is 16.8. The first-order valence-electron chi connectivity index (χ1n) is 17.4. The van der Waals surface area contributed by atoms with Crippen LogP contribution < -0.4 is 18.9 Å². The van der Waals surface area contributed by atoms with Crippen molar-refractivity contribution in [2.45, 2.75) is 79.1 Å². The molecule has 0 fully saturated rings. The van der Waals surface area contributed by atoms with E-state index in [0.29, 0.717) is 63.2 Å². The summed E-state index contributed by atoms with van der Waals surface area (Å²) in [4.78, 5) is 0. The number of benzene rings is 4. The highest BCUT2D eigenvalue weighted by atomic mass is 16.5. The van der Waals surface area contributed by atoms with Gasteiger partial charge in [0.1, 0.15) is 23.0 Å². The van der Waals surface area contributed by atoms with Crippen LogP contribution in [-0.2, 0) is 25.7 Å². The minimum atomic E-state index is 0.538. The molecule has 248 valence electrons. The lowest BCUT2D eigenvalue weighted by Crippen LogP contribution is -2.10. The molecule has 0 unspecified atom stereocenters. The molecule has 48 heavy (non-hydrogen) atoms.